The molecule has 0 radical (unpaired) electrons. The van der Waals surface area contributed by atoms with Crippen LogP contribution >= 0.6 is 0 Å². The van der Waals surface area contributed by atoms with E-state index in [1.807, 2.05) is 37.1 Å². The first kappa shape index (κ1) is 24.5. The number of carbonyl (C=O) groups is 1. The summed E-state index contributed by atoms with van der Waals surface area (Å²) in [6.45, 7) is 6.55. The summed E-state index contributed by atoms with van der Waals surface area (Å²) in [7, 11) is -1.80. The van der Waals surface area contributed by atoms with E-state index in [0.717, 1.165) is 11.3 Å². The first-order valence-corrected chi connectivity index (χ1v) is 12.8. The van der Waals surface area contributed by atoms with Gasteiger partial charge in [0.25, 0.3) is 0 Å². The van der Waals surface area contributed by atoms with Gasteiger partial charge in [0.1, 0.15) is 13.2 Å². The van der Waals surface area contributed by atoms with E-state index in [4.69, 9.17) is 14.2 Å². The molecule has 1 unspecified atom stereocenters. The number of nitrogens with one attached hydrogen (secondary N) is 1. The summed E-state index contributed by atoms with van der Waals surface area (Å²) in [5.41, 5.74) is 2.08. The molecule has 2 aliphatic rings. The Hall–Kier alpha value is -2.66. The lowest BCUT2D eigenvalue weighted by molar-refractivity contribution is -0.120. The van der Waals surface area contributed by atoms with Crippen LogP contribution in [0.25, 0.3) is 0 Å². The third-order valence-electron chi connectivity index (χ3n) is 6.12. The lowest BCUT2D eigenvalue weighted by Crippen LogP contribution is -2.41. The summed E-state index contributed by atoms with van der Waals surface area (Å²) in [4.78, 5) is 15.1. The topological polar surface area (TPSA) is 97.4 Å². The van der Waals surface area contributed by atoms with Crippen molar-refractivity contribution >= 4 is 21.6 Å². The number of aryl methyl sites for hydroxylation is 1. The van der Waals surface area contributed by atoms with Gasteiger partial charge in [-0.15, -0.1) is 0 Å². The molecule has 1 saturated heterocycles. The molecule has 34 heavy (non-hydrogen) atoms. The zero-order valence-electron chi connectivity index (χ0n) is 19.7. The second-order valence-corrected chi connectivity index (χ2v) is 10.5. The molecule has 2 aromatic carbocycles. The smallest absolute Gasteiger partial charge is 0.243 e. The monoisotopic (exact) mass is 489 g/mol. The average Bonchev–Trinajstić information content (AvgIpc) is 2.85. The van der Waals surface area contributed by atoms with Gasteiger partial charge < -0.3 is 19.5 Å². The van der Waals surface area contributed by atoms with Gasteiger partial charge in [-0.1, -0.05) is 12.1 Å². The van der Waals surface area contributed by atoms with Crippen molar-refractivity contribution in [3.63, 3.8) is 0 Å². The van der Waals surface area contributed by atoms with E-state index < -0.39 is 16.1 Å². The third-order valence-corrected chi connectivity index (χ3v) is 8.16. The van der Waals surface area contributed by atoms with Crippen LogP contribution in [0.4, 0.5) is 5.69 Å². The van der Waals surface area contributed by atoms with Crippen LogP contribution in [-0.4, -0.2) is 76.1 Å². The Labute approximate surface area is 200 Å². The molecule has 1 fully saturated rings. The number of likely N-dealkylation sites (N-methyl/N-ethyl adjacent to an activating group) is 1. The van der Waals surface area contributed by atoms with Gasteiger partial charge in [0.2, 0.25) is 15.9 Å². The van der Waals surface area contributed by atoms with Crippen LogP contribution in [0, 0.1) is 6.92 Å². The number of carbonyl (C=O) groups excluding carboxylic acids is 1. The average molecular weight is 490 g/mol. The maximum Gasteiger partial charge on any atom is 0.243 e. The van der Waals surface area contributed by atoms with Crippen LogP contribution < -0.4 is 14.8 Å². The minimum atomic E-state index is -3.67. The number of anilines is 1. The Morgan fingerprint density at radius 1 is 1.06 bits per heavy atom. The highest BCUT2D eigenvalue weighted by Gasteiger charge is 2.28. The van der Waals surface area contributed by atoms with Crippen LogP contribution in [0.1, 0.15) is 18.1 Å². The first-order valence-electron chi connectivity index (χ1n) is 11.3. The van der Waals surface area contributed by atoms with Gasteiger partial charge >= 0.3 is 0 Å². The first-order chi connectivity index (χ1) is 16.3. The minimum Gasteiger partial charge on any atom is -0.486 e. The van der Waals surface area contributed by atoms with Crippen molar-refractivity contribution in [2.24, 2.45) is 0 Å². The normalized spacial score (nSPS) is 17.4. The van der Waals surface area contributed by atoms with E-state index in [-0.39, 0.29) is 10.8 Å². The second-order valence-electron chi connectivity index (χ2n) is 8.56. The standard InChI is InChI=1S/C24H31N3O6S/c1-17-4-6-20(15-23(17)34(29,30)27-8-10-31-11-9-27)25-24(28)18(2)26(3)16-19-5-7-21-22(14-19)33-13-12-32-21/h4-7,14-15,18H,8-13,16H2,1-3H3,(H,25,28). The summed E-state index contributed by atoms with van der Waals surface area (Å²) in [6, 6.07) is 10.3. The number of benzene rings is 2. The third kappa shape index (κ3) is 5.35. The number of hydrogen-bond acceptors (Lipinski definition) is 7. The van der Waals surface area contributed by atoms with Crippen molar-refractivity contribution in [2.75, 3.05) is 51.9 Å². The Morgan fingerprint density at radius 2 is 1.76 bits per heavy atom. The lowest BCUT2D eigenvalue weighted by atomic mass is 10.1. The zero-order chi connectivity index (χ0) is 24.3. The molecule has 2 aromatic rings. The fraction of sp³-hybridized carbons (Fsp3) is 0.458. The van der Waals surface area contributed by atoms with Gasteiger partial charge in [0.05, 0.1) is 24.2 Å². The van der Waals surface area contributed by atoms with Crippen molar-refractivity contribution in [1.29, 1.82) is 0 Å². The maximum absolute atomic E-state index is 13.1. The van der Waals surface area contributed by atoms with E-state index in [9.17, 15) is 13.2 Å². The minimum absolute atomic E-state index is 0.199. The Kier molecular flexibility index (Phi) is 7.42. The number of amides is 1. The number of fused-ring (bicyclic) bond motifs is 1. The highest BCUT2D eigenvalue weighted by Crippen LogP contribution is 2.31. The van der Waals surface area contributed by atoms with E-state index in [2.05, 4.69) is 5.32 Å². The van der Waals surface area contributed by atoms with Gasteiger partial charge in [-0.2, -0.15) is 4.31 Å². The maximum atomic E-state index is 13.1. The highest BCUT2D eigenvalue weighted by molar-refractivity contribution is 7.89. The molecule has 9 nitrogen and oxygen atoms in total. The molecular formula is C24H31N3O6S. The molecular weight excluding hydrogens is 458 g/mol. The van der Waals surface area contributed by atoms with Gasteiger partial charge in [0.15, 0.2) is 11.5 Å². The SMILES string of the molecule is Cc1ccc(NC(=O)C(C)N(C)Cc2ccc3c(c2)OCCO3)cc1S(=O)(=O)N1CCOCC1. The quantitative estimate of drug-likeness (QED) is 0.637. The highest BCUT2D eigenvalue weighted by atomic mass is 32.2. The summed E-state index contributed by atoms with van der Waals surface area (Å²) in [5, 5.41) is 2.87. The van der Waals surface area contributed by atoms with Crippen LogP contribution in [0.5, 0.6) is 11.5 Å². The van der Waals surface area contributed by atoms with E-state index in [1.54, 1.807) is 19.1 Å². The van der Waals surface area contributed by atoms with Crippen molar-refractivity contribution in [2.45, 2.75) is 31.3 Å². The van der Waals surface area contributed by atoms with Crippen molar-refractivity contribution in [3.05, 3.63) is 47.5 Å². The molecule has 2 heterocycles. The molecule has 184 valence electrons. The molecule has 4 rings (SSSR count). The Balaban J connectivity index is 1.43. The molecule has 1 amide bonds. The molecule has 0 aliphatic carbocycles. The summed E-state index contributed by atoms with van der Waals surface area (Å²) in [6.07, 6.45) is 0. The predicted octanol–water partition coefficient (Wildman–Crippen LogP) is 2.25. The van der Waals surface area contributed by atoms with E-state index in [1.165, 1.54) is 10.4 Å². The molecule has 0 saturated carbocycles. The number of rotatable bonds is 7. The fourth-order valence-corrected chi connectivity index (χ4v) is 5.60. The molecule has 1 N–H and O–H groups in total. The number of sulfonamides is 1. The van der Waals surface area contributed by atoms with Crippen molar-refractivity contribution in [1.82, 2.24) is 9.21 Å². The molecule has 0 spiro atoms. The zero-order valence-corrected chi connectivity index (χ0v) is 20.6. The largest absolute Gasteiger partial charge is 0.486 e. The fourth-order valence-electron chi connectivity index (χ4n) is 3.94. The van der Waals surface area contributed by atoms with Crippen LogP contribution in [0.2, 0.25) is 0 Å². The summed E-state index contributed by atoms with van der Waals surface area (Å²) < 4.78 is 44.2. The van der Waals surface area contributed by atoms with E-state index >= 15 is 0 Å². The Morgan fingerprint density at radius 3 is 2.50 bits per heavy atom. The summed E-state index contributed by atoms with van der Waals surface area (Å²) in [5.74, 6) is 1.21. The molecule has 1 atom stereocenters. The van der Waals surface area contributed by atoms with Crippen LogP contribution in [0.3, 0.4) is 0 Å². The van der Waals surface area contributed by atoms with E-state index in [0.29, 0.717) is 63.1 Å². The number of ether oxygens (including phenoxy) is 3. The van der Waals surface area contributed by atoms with Crippen molar-refractivity contribution in [3.8, 4) is 11.5 Å². The van der Waals surface area contributed by atoms with Crippen LogP contribution in [-0.2, 0) is 26.1 Å². The Bertz CT molecular complexity index is 1150. The van der Waals surface area contributed by atoms with Gasteiger partial charge in [-0.25, -0.2) is 8.42 Å². The molecule has 0 aromatic heterocycles. The summed E-state index contributed by atoms with van der Waals surface area (Å²) >= 11 is 0. The number of morpholine rings is 1. The number of nitrogens with zero attached hydrogens (tertiary/aromatic N) is 2. The van der Waals surface area contributed by atoms with Gasteiger partial charge in [-0.3, -0.25) is 9.69 Å². The molecule has 10 heteroatoms. The number of hydrogen-bond donors (Lipinski definition) is 1. The molecule has 2 aliphatic heterocycles. The predicted molar refractivity (Wildman–Crippen MR) is 128 cm³/mol. The van der Waals surface area contributed by atoms with Crippen LogP contribution in [0.15, 0.2) is 41.3 Å². The van der Waals surface area contributed by atoms with Crippen molar-refractivity contribution < 1.29 is 27.4 Å². The van der Waals surface area contributed by atoms with Gasteiger partial charge in [-0.05, 0) is 56.3 Å². The van der Waals surface area contributed by atoms with Gasteiger partial charge in [0, 0.05) is 25.3 Å². The second kappa shape index (κ2) is 10.3. The lowest BCUT2D eigenvalue weighted by Gasteiger charge is -2.27. The molecule has 0 bridgehead atoms.